The molecule has 0 fully saturated rings. The van der Waals surface area contributed by atoms with Gasteiger partial charge in [-0.15, -0.1) is 0 Å². The average Bonchev–Trinajstić information content (AvgIpc) is 2.73. The van der Waals surface area contributed by atoms with E-state index in [4.69, 9.17) is 19.6 Å². The van der Waals surface area contributed by atoms with Crippen molar-refractivity contribution in [3.63, 3.8) is 0 Å². The smallest absolute Gasteiger partial charge is 0.193 e. The Balaban J connectivity index is 1.61. The van der Waals surface area contributed by atoms with Crippen LogP contribution in [-0.2, 0) is 0 Å². The zero-order valence-corrected chi connectivity index (χ0v) is 15.1. The molecule has 2 N–H and O–H groups in total. The Labute approximate surface area is 161 Å². The van der Waals surface area contributed by atoms with E-state index in [1.54, 1.807) is 18.2 Å². The lowest BCUT2D eigenvalue weighted by Gasteiger charge is -2.08. The first-order valence-electron chi connectivity index (χ1n) is 8.97. The number of para-hydroxylation sites is 1. The lowest BCUT2D eigenvalue weighted by molar-refractivity contribution is 0.328. The maximum absolute atomic E-state index is 12.5. The fraction of sp³-hybridized carbons (Fsp3) is 0.0870. The molecule has 1 aromatic heterocycles. The first-order valence-corrected chi connectivity index (χ1v) is 8.97. The number of nitrogens with two attached hydrogens (primary N) is 1. The van der Waals surface area contributed by atoms with Crippen molar-refractivity contribution in [1.29, 1.82) is 0 Å². The van der Waals surface area contributed by atoms with Crippen LogP contribution in [0.4, 0.5) is 0 Å². The van der Waals surface area contributed by atoms with Gasteiger partial charge in [0.15, 0.2) is 5.43 Å². The average molecular weight is 373 g/mol. The molecule has 0 atom stereocenters. The van der Waals surface area contributed by atoms with Crippen LogP contribution in [0.25, 0.3) is 22.3 Å². The van der Waals surface area contributed by atoms with Gasteiger partial charge in [-0.05, 0) is 54.6 Å². The van der Waals surface area contributed by atoms with Crippen LogP contribution in [0.15, 0.2) is 88.1 Å². The van der Waals surface area contributed by atoms with E-state index >= 15 is 0 Å². The molecule has 1 heterocycles. The maximum Gasteiger partial charge on any atom is 0.193 e. The van der Waals surface area contributed by atoms with Gasteiger partial charge in [-0.3, -0.25) is 4.79 Å². The molecular weight excluding hydrogens is 354 g/mol. The highest BCUT2D eigenvalue weighted by molar-refractivity contribution is 5.80. The standard InChI is InChI=1S/C23H19NO4/c24-12-13-26-19-10-11-22-20(14-19)21(25)15-23(28-22)16-6-8-18(9-7-16)27-17-4-2-1-3-5-17/h1-11,14-15H,12-13,24H2. The van der Waals surface area contributed by atoms with E-state index in [0.29, 0.717) is 41.4 Å². The Morgan fingerprint density at radius 2 is 1.54 bits per heavy atom. The predicted molar refractivity (Wildman–Crippen MR) is 109 cm³/mol. The minimum Gasteiger partial charge on any atom is -0.492 e. The van der Waals surface area contributed by atoms with E-state index in [-0.39, 0.29) is 5.43 Å². The number of ether oxygens (including phenoxy) is 2. The number of hydrogen-bond acceptors (Lipinski definition) is 5. The number of hydrogen-bond donors (Lipinski definition) is 1. The zero-order valence-electron chi connectivity index (χ0n) is 15.1. The Bertz CT molecular complexity index is 1130. The lowest BCUT2D eigenvalue weighted by Crippen LogP contribution is -2.10. The Kier molecular flexibility index (Phi) is 5.08. The van der Waals surface area contributed by atoms with E-state index in [2.05, 4.69) is 0 Å². The van der Waals surface area contributed by atoms with Crippen LogP contribution in [0, 0.1) is 0 Å². The van der Waals surface area contributed by atoms with Crippen molar-refractivity contribution in [3.05, 3.63) is 89.1 Å². The summed E-state index contributed by atoms with van der Waals surface area (Å²) in [7, 11) is 0. The van der Waals surface area contributed by atoms with Gasteiger partial charge in [-0.2, -0.15) is 0 Å². The summed E-state index contributed by atoms with van der Waals surface area (Å²) in [5.41, 5.74) is 6.62. The quantitative estimate of drug-likeness (QED) is 0.535. The van der Waals surface area contributed by atoms with Crippen LogP contribution >= 0.6 is 0 Å². The van der Waals surface area contributed by atoms with E-state index in [1.165, 1.54) is 6.07 Å². The van der Waals surface area contributed by atoms with Crippen LogP contribution in [0.1, 0.15) is 0 Å². The van der Waals surface area contributed by atoms with Crippen molar-refractivity contribution >= 4 is 11.0 Å². The van der Waals surface area contributed by atoms with E-state index < -0.39 is 0 Å². The summed E-state index contributed by atoms with van der Waals surface area (Å²) in [5, 5.41) is 0.474. The number of rotatable bonds is 6. The van der Waals surface area contributed by atoms with Crippen LogP contribution in [-0.4, -0.2) is 13.2 Å². The molecule has 140 valence electrons. The van der Waals surface area contributed by atoms with Crippen molar-refractivity contribution in [1.82, 2.24) is 0 Å². The SMILES string of the molecule is NCCOc1ccc2oc(-c3ccc(Oc4ccccc4)cc3)cc(=O)c2c1. The van der Waals surface area contributed by atoms with Crippen LogP contribution in [0.5, 0.6) is 17.2 Å². The van der Waals surface area contributed by atoms with Crippen LogP contribution < -0.4 is 20.6 Å². The third kappa shape index (κ3) is 3.89. The van der Waals surface area contributed by atoms with Gasteiger partial charge in [0.2, 0.25) is 0 Å². The molecule has 0 aliphatic rings. The molecule has 0 unspecified atom stereocenters. The largest absolute Gasteiger partial charge is 0.492 e. The van der Waals surface area contributed by atoms with Gasteiger partial charge in [-0.25, -0.2) is 0 Å². The molecule has 5 nitrogen and oxygen atoms in total. The summed E-state index contributed by atoms with van der Waals surface area (Å²) in [4.78, 5) is 12.5. The summed E-state index contributed by atoms with van der Waals surface area (Å²) in [6.45, 7) is 0.807. The summed E-state index contributed by atoms with van der Waals surface area (Å²) < 4.78 is 17.2. The fourth-order valence-corrected chi connectivity index (χ4v) is 2.86. The Morgan fingerprint density at radius 3 is 2.29 bits per heavy atom. The molecule has 5 heteroatoms. The normalized spacial score (nSPS) is 10.8. The topological polar surface area (TPSA) is 74.7 Å². The predicted octanol–water partition coefficient (Wildman–Crippen LogP) is 4.59. The second-order valence-corrected chi connectivity index (χ2v) is 6.21. The molecule has 0 aliphatic heterocycles. The van der Waals surface area contributed by atoms with Crippen molar-refractivity contribution in [2.45, 2.75) is 0 Å². The summed E-state index contributed by atoms with van der Waals surface area (Å²) in [6, 6.07) is 23.6. The number of benzene rings is 3. The van der Waals surface area contributed by atoms with E-state index in [1.807, 2.05) is 54.6 Å². The first kappa shape index (κ1) is 17.8. The van der Waals surface area contributed by atoms with Crippen molar-refractivity contribution in [2.75, 3.05) is 13.2 Å². The molecular formula is C23H19NO4. The van der Waals surface area contributed by atoms with E-state index in [0.717, 1.165) is 11.3 Å². The zero-order chi connectivity index (χ0) is 19.3. The molecule has 0 bridgehead atoms. The van der Waals surface area contributed by atoms with Crippen molar-refractivity contribution in [2.24, 2.45) is 5.73 Å². The minimum atomic E-state index is -0.126. The Hall–Kier alpha value is -3.57. The minimum absolute atomic E-state index is 0.126. The molecule has 0 amide bonds. The van der Waals surface area contributed by atoms with Crippen LogP contribution in [0.3, 0.4) is 0 Å². The third-order valence-electron chi connectivity index (χ3n) is 4.20. The second-order valence-electron chi connectivity index (χ2n) is 6.21. The highest BCUT2D eigenvalue weighted by Crippen LogP contribution is 2.27. The molecule has 0 spiro atoms. The monoisotopic (exact) mass is 373 g/mol. The molecule has 3 aromatic carbocycles. The van der Waals surface area contributed by atoms with Crippen molar-refractivity contribution in [3.8, 4) is 28.6 Å². The van der Waals surface area contributed by atoms with Crippen LogP contribution in [0.2, 0.25) is 0 Å². The highest BCUT2D eigenvalue weighted by atomic mass is 16.5. The number of fused-ring (bicyclic) bond motifs is 1. The second kappa shape index (κ2) is 7.98. The molecule has 0 radical (unpaired) electrons. The van der Waals surface area contributed by atoms with Gasteiger partial charge < -0.3 is 19.6 Å². The Morgan fingerprint density at radius 1 is 0.821 bits per heavy atom. The molecule has 28 heavy (non-hydrogen) atoms. The highest BCUT2D eigenvalue weighted by Gasteiger charge is 2.09. The van der Waals surface area contributed by atoms with Gasteiger partial charge >= 0.3 is 0 Å². The fourth-order valence-electron chi connectivity index (χ4n) is 2.86. The van der Waals surface area contributed by atoms with Gasteiger partial charge in [0, 0.05) is 18.2 Å². The molecule has 0 saturated heterocycles. The van der Waals surface area contributed by atoms with Gasteiger partial charge in [-0.1, -0.05) is 18.2 Å². The van der Waals surface area contributed by atoms with E-state index in [9.17, 15) is 4.79 Å². The molecule has 0 aliphatic carbocycles. The third-order valence-corrected chi connectivity index (χ3v) is 4.20. The first-order chi connectivity index (χ1) is 13.7. The van der Waals surface area contributed by atoms with Crippen molar-refractivity contribution < 1.29 is 13.9 Å². The summed E-state index contributed by atoms with van der Waals surface area (Å²) >= 11 is 0. The molecule has 0 saturated carbocycles. The van der Waals surface area contributed by atoms with Gasteiger partial charge in [0.25, 0.3) is 0 Å². The lowest BCUT2D eigenvalue weighted by atomic mass is 10.1. The molecule has 4 rings (SSSR count). The molecule has 4 aromatic rings. The maximum atomic E-state index is 12.5. The van der Waals surface area contributed by atoms with Gasteiger partial charge in [0.05, 0.1) is 5.39 Å². The van der Waals surface area contributed by atoms with Gasteiger partial charge in [0.1, 0.15) is 35.2 Å². The summed E-state index contributed by atoms with van der Waals surface area (Å²) in [5.74, 6) is 2.57. The summed E-state index contributed by atoms with van der Waals surface area (Å²) in [6.07, 6.45) is 0.